The normalized spacial score (nSPS) is 10.4. The SMILES string of the molecule is COc1ccc(C)cc1-n1ccc(C(=O)NCCCCC(=O)O)n1. The molecule has 2 aromatic rings. The number of methoxy groups -OCH3 is 1. The minimum Gasteiger partial charge on any atom is -0.494 e. The number of aryl methyl sites for hydroxylation is 1. The molecular formula is C17H21N3O4. The molecule has 0 fully saturated rings. The molecule has 1 heterocycles. The molecule has 2 N–H and O–H groups in total. The molecular weight excluding hydrogens is 310 g/mol. The smallest absolute Gasteiger partial charge is 0.303 e. The van der Waals surface area contributed by atoms with E-state index in [-0.39, 0.29) is 12.3 Å². The molecule has 0 saturated heterocycles. The molecule has 1 aromatic carbocycles. The van der Waals surface area contributed by atoms with Gasteiger partial charge < -0.3 is 15.2 Å². The number of unbranched alkanes of at least 4 members (excludes halogenated alkanes) is 1. The van der Waals surface area contributed by atoms with E-state index in [1.54, 1.807) is 24.1 Å². The number of aromatic nitrogens is 2. The van der Waals surface area contributed by atoms with Gasteiger partial charge in [-0.3, -0.25) is 9.59 Å². The summed E-state index contributed by atoms with van der Waals surface area (Å²) in [6.07, 6.45) is 2.96. The number of nitrogens with one attached hydrogen (secondary N) is 1. The monoisotopic (exact) mass is 331 g/mol. The summed E-state index contributed by atoms with van der Waals surface area (Å²) in [5.41, 5.74) is 2.13. The zero-order valence-corrected chi connectivity index (χ0v) is 13.8. The highest BCUT2D eigenvalue weighted by Crippen LogP contribution is 2.23. The Hall–Kier alpha value is -2.83. The standard InChI is InChI=1S/C17H21N3O4/c1-12-6-7-15(24-2)14(11-12)20-10-8-13(19-20)17(23)18-9-4-3-5-16(21)22/h6-8,10-11H,3-5,9H2,1-2H3,(H,18,23)(H,21,22). The number of aliphatic carboxylic acids is 1. The van der Waals surface area contributed by atoms with E-state index >= 15 is 0 Å². The van der Waals surface area contributed by atoms with Crippen molar-refractivity contribution in [3.8, 4) is 11.4 Å². The topological polar surface area (TPSA) is 93.5 Å². The van der Waals surface area contributed by atoms with Crippen LogP contribution in [0.3, 0.4) is 0 Å². The summed E-state index contributed by atoms with van der Waals surface area (Å²) in [6, 6.07) is 7.36. The van der Waals surface area contributed by atoms with Crippen molar-refractivity contribution < 1.29 is 19.4 Å². The predicted octanol–water partition coefficient (Wildman–Crippen LogP) is 2.17. The molecule has 0 aliphatic heterocycles. The fourth-order valence-corrected chi connectivity index (χ4v) is 2.25. The maximum absolute atomic E-state index is 12.1. The van der Waals surface area contributed by atoms with Crippen molar-refractivity contribution in [3.05, 3.63) is 41.7 Å². The molecule has 0 unspecified atom stereocenters. The molecule has 1 aromatic heterocycles. The van der Waals surface area contributed by atoms with E-state index in [9.17, 15) is 9.59 Å². The first-order chi connectivity index (χ1) is 11.5. The second-order valence-electron chi connectivity index (χ2n) is 5.43. The number of benzene rings is 1. The third kappa shape index (κ3) is 4.58. The number of ether oxygens (including phenoxy) is 1. The molecule has 2 rings (SSSR count). The maximum atomic E-state index is 12.1. The van der Waals surface area contributed by atoms with Gasteiger partial charge in [-0.2, -0.15) is 5.10 Å². The third-order valence-corrected chi connectivity index (χ3v) is 3.51. The summed E-state index contributed by atoms with van der Waals surface area (Å²) in [6.45, 7) is 2.39. The average Bonchev–Trinajstić information content (AvgIpc) is 3.04. The Labute approximate surface area is 140 Å². The zero-order valence-electron chi connectivity index (χ0n) is 13.8. The van der Waals surface area contributed by atoms with Gasteiger partial charge in [0, 0.05) is 19.2 Å². The van der Waals surface area contributed by atoms with Gasteiger partial charge in [0.25, 0.3) is 5.91 Å². The molecule has 0 aliphatic carbocycles. The molecule has 1 amide bonds. The lowest BCUT2D eigenvalue weighted by molar-refractivity contribution is -0.137. The van der Waals surface area contributed by atoms with Gasteiger partial charge in [-0.15, -0.1) is 0 Å². The van der Waals surface area contributed by atoms with Gasteiger partial charge in [0.2, 0.25) is 0 Å². The zero-order chi connectivity index (χ0) is 17.5. The van der Waals surface area contributed by atoms with Gasteiger partial charge in [0.1, 0.15) is 11.4 Å². The van der Waals surface area contributed by atoms with Crippen LogP contribution in [0.15, 0.2) is 30.5 Å². The van der Waals surface area contributed by atoms with Crippen molar-refractivity contribution >= 4 is 11.9 Å². The Bertz CT molecular complexity index is 724. The van der Waals surface area contributed by atoms with E-state index in [0.717, 1.165) is 11.3 Å². The highest BCUT2D eigenvalue weighted by molar-refractivity contribution is 5.92. The Morgan fingerprint density at radius 2 is 2.08 bits per heavy atom. The Kier molecular flexibility index (Phi) is 5.95. The largest absolute Gasteiger partial charge is 0.494 e. The summed E-state index contributed by atoms with van der Waals surface area (Å²) < 4.78 is 6.93. The summed E-state index contributed by atoms with van der Waals surface area (Å²) in [4.78, 5) is 22.5. The van der Waals surface area contributed by atoms with Crippen LogP contribution >= 0.6 is 0 Å². The second-order valence-corrected chi connectivity index (χ2v) is 5.43. The number of nitrogens with zero attached hydrogens (tertiary/aromatic N) is 2. The molecule has 128 valence electrons. The average molecular weight is 331 g/mol. The van der Waals surface area contributed by atoms with Crippen LogP contribution in [0, 0.1) is 6.92 Å². The van der Waals surface area contributed by atoms with Crippen LogP contribution < -0.4 is 10.1 Å². The van der Waals surface area contributed by atoms with E-state index in [1.807, 2.05) is 25.1 Å². The van der Waals surface area contributed by atoms with E-state index < -0.39 is 5.97 Å². The van der Waals surface area contributed by atoms with Crippen molar-refractivity contribution in [1.82, 2.24) is 15.1 Å². The lowest BCUT2D eigenvalue weighted by Crippen LogP contribution is -2.25. The molecule has 24 heavy (non-hydrogen) atoms. The Balaban J connectivity index is 1.99. The van der Waals surface area contributed by atoms with E-state index in [1.165, 1.54) is 0 Å². The fraction of sp³-hybridized carbons (Fsp3) is 0.353. The van der Waals surface area contributed by atoms with Gasteiger partial charge in [0.15, 0.2) is 5.69 Å². The summed E-state index contributed by atoms with van der Waals surface area (Å²) in [5, 5.41) is 15.6. The number of hydrogen-bond donors (Lipinski definition) is 2. The van der Waals surface area contributed by atoms with Crippen molar-refractivity contribution in [3.63, 3.8) is 0 Å². The predicted molar refractivity (Wildman–Crippen MR) is 88.7 cm³/mol. The van der Waals surface area contributed by atoms with E-state index in [4.69, 9.17) is 9.84 Å². The van der Waals surface area contributed by atoms with Gasteiger partial charge in [0.05, 0.1) is 7.11 Å². The van der Waals surface area contributed by atoms with Crippen LogP contribution in [-0.4, -0.2) is 40.4 Å². The number of carboxylic acid groups (broad SMARTS) is 1. The maximum Gasteiger partial charge on any atom is 0.303 e. The summed E-state index contributed by atoms with van der Waals surface area (Å²) in [7, 11) is 1.59. The first kappa shape index (κ1) is 17.5. The summed E-state index contributed by atoms with van der Waals surface area (Å²) in [5.74, 6) is -0.438. The first-order valence-corrected chi connectivity index (χ1v) is 7.72. The van der Waals surface area contributed by atoms with Crippen molar-refractivity contribution in [2.45, 2.75) is 26.2 Å². The molecule has 0 bridgehead atoms. The van der Waals surface area contributed by atoms with Crippen LogP contribution in [0.25, 0.3) is 5.69 Å². The molecule has 7 heteroatoms. The Morgan fingerprint density at radius 1 is 1.29 bits per heavy atom. The highest BCUT2D eigenvalue weighted by Gasteiger charge is 2.12. The van der Waals surface area contributed by atoms with Gasteiger partial charge in [-0.25, -0.2) is 4.68 Å². The van der Waals surface area contributed by atoms with Crippen LogP contribution in [0.1, 0.15) is 35.3 Å². The highest BCUT2D eigenvalue weighted by atomic mass is 16.5. The van der Waals surface area contributed by atoms with Gasteiger partial charge in [-0.1, -0.05) is 6.07 Å². The molecule has 0 atom stereocenters. The van der Waals surface area contributed by atoms with E-state index in [2.05, 4.69) is 10.4 Å². The minimum absolute atomic E-state index is 0.109. The van der Waals surface area contributed by atoms with Crippen LogP contribution in [0.5, 0.6) is 5.75 Å². The molecule has 0 radical (unpaired) electrons. The van der Waals surface area contributed by atoms with Crippen molar-refractivity contribution in [2.75, 3.05) is 13.7 Å². The summed E-state index contributed by atoms with van der Waals surface area (Å²) >= 11 is 0. The fourth-order valence-electron chi connectivity index (χ4n) is 2.25. The molecule has 7 nitrogen and oxygen atoms in total. The lowest BCUT2D eigenvalue weighted by atomic mass is 10.2. The van der Waals surface area contributed by atoms with Crippen molar-refractivity contribution in [2.24, 2.45) is 0 Å². The Morgan fingerprint density at radius 3 is 2.79 bits per heavy atom. The number of amides is 1. The third-order valence-electron chi connectivity index (χ3n) is 3.51. The minimum atomic E-state index is -0.827. The van der Waals surface area contributed by atoms with Crippen molar-refractivity contribution in [1.29, 1.82) is 0 Å². The quantitative estimate of drug-likeness (QED) is 0.723. The number of hydrogen-bond acceptors (Lipinski definition) is 4. The number of carbonyl (C=O) groups excluding carboxylic acids is 1. The molecule has 0 aliphatic rings. The number of carboxylic acids is 1. The lowest BCUT2D eigenvalue weighted by Gasteiger charge is -2.09. The molecule has 0 saturated carbocycles. The van der Waals surface area contributed by atoms with Crippen LogP contribution in [0.4, 0.5) is 0 Å². The second kappa shape index (κ2) is 8.14. The number of carbonyl (C=O) groups is 2. The molecule has 0 spiro atoms. The van der Waals surface area contributed by atoms with Gasteiger partial charge in [-0.05, 0) is 43.5 Å². The van der Waals surface area contributed by atoms with Gasteiger partial charge >= 0.3 is 5.97 Å². The van der Waals surface area contributed by atoms with E-state index in [0.29, 0.717) is 30.8 Å². The van der Waals surface area contributed by atoms with Crippen LogP contribution in [-0.2, 0) is 4.79 Å². The number of rotatable bonds is 8. The first-order valence-electron chi connectivity index (χ1n) is 7.72. The van der Waals surface area contributed by atoms with Crippen LogP contribution in [0.2, 0.25) is 0 Å².